The molecule has 0 aromatic heterocycles. The summed E-state index contributed by atoms with van der Waals surface area (Å²) < 4.78 is 13.6. The Hall–Kier alpha value is 0.354. The average Bonchev–Trinajstić information content (AvgIpc) is 3.03. The zero-order valence-corrected chi connectivity index (χ0v) is 26.7. The van der Waals surface area contributed by atoms with Crippen molar-refractivity contribution in [3.8, 4) is 0 Å². The average molecular weight is 507 g/mol. The van der Waals surface area contributed by atoms with Gasteiger partial charge in [-0.05, 0) is 143 Å². The standard InChI is InChI=1S/C30H58O2Si2/c1-21(31-34(10,11)28(2,3)4)25-14-15-26-24-13-12-22-20-23(32-33(7,8)9)16-18-29(22,5)27(24)17-19-30(25,26)6/h21-27H,12-20H2,1-11H3/t21-,22-,23-,24?,25-,26?,27?,29+,30-/m1/s1. The molecule has 9 atom stereocenters. The molecule has 4 saturated carbocycles. The summed E-state index contributed by atoms with van der Waals surface area (Å²) in [5.41, 5.74) is 1.05. The van der Waals surface area contributed by atoms with Gasteiger partial charge < -0.3 is 8.85 Å². The predicted octanol–water partition coefficient (Wildman–Crippen LogP) is 9.28. The summed E-state index contributed by atoms with van der Waals surface area (Å²) >= 11 is 0. The lowest BCUT2D eigenvalue weighted by Crippen LogP contribution is -2.55. The Morgan fingerprint density at radius 2 is 1.41 bits per heavy atom. The van der Waals surface area contributed by atoms with Crippen LogP contribution < -0.4 is 0 Å². The van der Waals surface area contributed by atoms with E-state index in [0.717, 1.165) is 29.6 Å². The van der Waals surface area contributed by atoms with Gasteiger partial charge in [-0.1, -0.05) is 34.6 Å². The zero-order chi connectivity index (χ0) is 25.3. The van der Waals surface area contributed by atoms with Gasteiger partial charge in [0.25, 0.3) is 0 Å². The van der Waals surface area contributed by atoms with Crippen LogP contribution in [0.4, 0.5) is 0 Å². The molecule has 0 radical (unpaired) electrons. The molecule has 34 heavy (non-hydrogen) atoms. The molecule has 0 saturated heterocycles. The highest BCUT2D eigenvalue weighted by Crippen LogP contribution is 2.68. The van der Waals surface area contributed by atoms with Crippen molar-refractivity contribution in [2.75, 3.05) is 0 Å². The summed E-state index contributed by atoms with van der Waals surface area (Å²) in [5.74, 6) is 4.48. The fourth-order valence-corrected chi connectivity index (χ4v) is 12.0. The first kappa shape index (κ1) is 27.4. The van der Waals surface area contributed by atoms with E-state index in [2.05, 4.69) is 74.3 Å². The largest absolute Gasteiger partial charge is 0.415 e. The summed E-state index contributed by atoms with van der Waals surface area (Å²) in [4.78, 5) is 0. The topological polar surface area (TPSA) is 18.5 Å². The van der Waals surface area contributed by atoms with Gasteiger partial charge in [-0.3, -0.25) is 0 Å². The monoisotopic (exact) mass is 506 g/mol. The third-order valence-electron chi connectivity index (χ3n) is 12.1. The second-order valence-electron chi connectivity index (χ2n) is 16.1. The van der Waals surface area contributed by atoms with Crippen molar-refractivity contribution in [2.45, 2.75) is 149 Å². The van der Waals surface area contributed by atoms with Crippen LogP contribution in [0.3, 0.4) is 0 Å². The Morgan fingerprint density at radius 1 is 0.794 bits per heavy atom. The quantitative estimate of drug-likeness (QED) is 0.346. The van der Waals surface area contributed by atoms with E-state index < -0.39 is 16.6 Å². The fraction of sp³-hybridized carbons (Fsp3) is 1.00. The zero-order valence-electron chi connectivity index (χ0n) is 24.7. The van der Waals surface area contributed by atoms with Crippen LogP contribution in [-0.2, 0) is 8.85 Å². The maximum absolute atomic E-state index is 7.02. The van der Waals surface area contributed by atoms with E-state index in [1.165, 1.54) is 57.8 Å². The lowest BCUT2D eigenvalue weighted by Gasteiger charge is -2.61. The van der Waals surface area contributed by atoms with Crippen LogP contribution in [0.25, 0.3) is 0 Å². The van der Waals surface area contributed by atoms with E-state index in [-0.39, 0.29) is 0 Å². The summed E-state index contributed by atoms with van der Waals surface area (Å²) in [7, 11) is -3.17. The highest BCUT2D eigenvalue weighted by Gasteiger charge is 2.61. The maximum atomic E-state index is 7.02. The number of rotatable bonds is 5. The maximum Gasteiger partial charge on any atom is 0.192 e. The molecule has 4 heteroatoms. The Kier molecular flexibility index (Phi) is 7.23. The molecule has 0 spiro atoms. The fourth-order valence-electron chi connectivity index (χ4n) is 9.36. The van der Waals surface area contributed by atoms with E-state index in [1.807, 2.05) is 0 Å². The van der Waals surface area contributed by atoms with Gasteiger partial charge >= 0.3 is 0 Å². The molecule has 4 fully saturated rings. The summed E-state index contributed by atoms with van der Waals surface area (Å²) in [6.45, 7) is 27.0. The first-order valence-electron chi connectivity index (χ1n) is 14.8. The SMILES string of the molecule is C[C@@H](O[Si](C)(C)C(C)(C)C)[C@H]1CCC2C3CC[C@@H]4C[C@H](O[Si](C)(C)C)CC[C@]4(C)C3CC[C@@]21C. The molecule has 2 nitrogen and oxygen atoms in total. The molecular weight excluding hydrogens is 449 g/mol. The molecule has 198 valence electrons. The molecular formula is C30H58O2Si2. The Bertz CT molecular complexity index is 737. The van der Waals surface area contributed by atoms with Crippen LogP contribution in [-0.4, -0.2) is 28.8 Å². The van der Waals surface area contributed by atoms with Crippen LogP contribution in [0.1, 0.15) is 99.3 Å². The van der Waals surface area contributed by atoms with Crippen LogP contribution in [0.5, 0.6) is 0 Å². The van der Waals surface area contributed by atoms with E-state index >= 15 is 0 Å². The van der Waals surface area contributed by atoms with Gasteiger partial charge in [-0.2, -0.15) is 0 Å². The number of fused-ring (bicyclic) bond motifs is 5. The van der Waals surface area contributed by atoms with Crippen molar-refractivity contribution in [1.29, 1.82) is 0 Å². The summed E-state index contributed by atoms with van der Waals surface area (Å²) in [6, 6.07) is 0. The lowest BCUT2D eigenvalue weighted by molar-refractivity contribution is -0.130. The first-order chi connectivity index (χ1) is 15.5. The van der Waals surface area contributed by atoms with Gasteiger partial charge in [0, 0.05) is 12.2 Å². The minimum absolute atomic E-state index is 0.294. The van der Waals surface area contributed by atoms with Crippen LogP contribution in [0.2, 0.25) is 37.8 Å². The van der Waals surface area contributed by atoms with Crippen molar-refractivity contribution in [3.63, 3.8) is 0 Å². The van der Waals surface area contributed by atoms with Gasteiger partial charge in [0.15, 0.2) is 16.6 Å². The molecule has 3 unspecified atom stereocenters. The first-order valence-corrected chi connectivity index (χ1v) is 21.2. The molecule has 0 heterocycles. The van der Waals surface area contributed by atoms with E-state index in [1.54, 1.807) is 0 Å². The van der Waals surface area contributed by atoms with Gasteiger partial charge in [0.05, 0.1) is 0 Å². The van der Waals surface area contributed by atoms with Crippen LogP contribution in [0.15, 0.2) is 0 Å². The van der Waals surface area contributed by atoms with Crippen LogP contribution >= 0.6 is 0 Å². The minimum atomic E-state index is -1.73. The van der Waals surface area contributed by atoms with Gasteiger partial charge in [0.2, 0.25) is 0 Å². The smallest absolute Gasteiger partial charge is 0.192 e. The van der Waals surface area contributed by atoms with Gasteiger partial charge in [-0.15, -0.1) is 0 Å². The van der Waals surface area contributed by atoms with Crippen LogP contribution in [0, 0.1) is 40.4 Å². The molecule has 0 aromatic carbocycles. The number of hydrogen-bond acceptors (Lipinski definition) is 2. The molecule has 4 aliphatic carbocycles. The summed E-state index contributed by atoms with van der Waals surface area (Å²) in [5, 5.41) is 0.294. The Labute approximate surface area is 215 Å². The Balaban J connectivity index is 1.47. The molecule has 0 N–H and O–H groups in total. The van der Waals surface area contributed by atoms with E-state index in [4.69, 9.17) is 8.85 Å². The summed E-state index contributed by atoms with van der Waals surface area (Å²) in [6.07, 6.45) is 13.7. The van der Waals surface area contributed by atoms with Crippen molar-refractivity contribution in [1.82, 2.24) is 0 Å². The molecule has 0 bridgehead atoms. The third-order valence-corrected chi connectivity index (χ3v) is 17.7. The van der Waals surface area contributed by atoms with Crippen molar-refractivity contribution in [3.05, 3.63) is 0 Å². The molecule has 4 aliphatic rings. The van der Waals surface area contributed by atoms with E-state index in [0.29, 0.717) is 28.1 Å². The van der Waals surface area contributed by atoms with Crippen molar-refractivity contribution >= 4 is 16.6 Å². The lowest BCUT2D eigenvalue weighted by atomic mass is 9.44. The van der Waals surface area contributed by atoms with Gasteiger partial charge in [-0.25, -0.2) is 0 Å². The highest BCUT2D eigenvalue weighted by molar-refractivity contribution is 6.74. The highest BCUT2D eigenvalue weighted by atomic mass is 28.4. The molecule has 0 aromatic rings. The van der Waals surface area contributed by atoms with Crippen molar-refractivity contribution in [2.24, 2.45) is 40.4 Å². The second-order valence-corrected chi connectivity index (χ2v) is 25.3. The molecule has 4 rings (SSSR count). The van der Waals surface area contributed by atoms with E-state index in [9.17, 15) is 0 Å². The normalized spacial score (nSPS) is 44.2. The Morgan fingerprint density at radius 3 is 2.03 bits per heavy atom. The van der Waals surface area contributed by atoms with Crippen molar-refractivity contribution < 1.29 is 8.85 Å². The predicted molar refractivity (Wildman–Crippen MR) is 151 cm³/mol. The minimum Gasteiger partial charge on any atom is -0.415 e. The second kappa shape index (κ2) is 8.98. The number of hydrogen-bond donors (Lipinski definition) is 0. The third kappa shape index (κ3) is 4.81. The van der Waals surface area contributed by atoms with Gasteiger partial charge in [0.1, 0.15) is 0 Å². The molecule has 0 aliphatic heterocycles. The molecule has 0 amide bonds.